The van der Waals surface area contributed by atoms with Crippen molar-refractivity contribution in [3.8, 4) is 0 Å². The number of hydrogen-bond acceptors (Lipinski definition) is 3. The Morgan fingerprint density at radius 1 is 1.32 bits per heavy atom. The summed E-state index contributed by atoms with van der Waals surface area (Å²) in [6.07, 6.45) is -6.10. The van der Waals surface area contributed by atoms with Crippen LogP contribution in [0.1, 0.15) is 25.8 Å². The van der Waals surface area contributed by atoms with Crippen molar-refractivity contribution in [3.63, 3.8) is 0 Å². The third kappa shape index (κ3) is 4.19. The van der Waals surface area contributed by atoms with Crippen LogP contribution in [0.5, 0.6) is 0 Å². The molecule has 0 radical (unpaired) electrons. The topological polar surface area (TPSA) is 46.5 Å². The highest BCUT2D eigenvalue weighted by molar-refractivity contribution is 5.80. The first-order valence-corrected chi connectivity index (χ1v) is 6.81. The third-order valence-electron chi connectivity index (χ3n) is 3.25. The van der Waals surface area contributed by atoms with Crippen molar-refractivity contribution in [3.05, 3.63) is 35.6 Å². The lowest BCUT2D eigenvalue weighted by Crippen LogP contribution is -2.54. The maximum atomic E-state index is 13.5. The Kier molecular flexibility index (Phi) is 5.93. The first kappa shape index (κ1) is 18.4. The minimum Gasteiger partial charge on any atom is -0.464 e. The molecule has 0 aliphatic heterocycles. The summed E-state index contributed by atoms with van der Waals surface area (Å²) < 4.78 is 56.9. The zero-order chi connectivity index (χ0) is 17.0. The van der Waals surface area contributed by atoms with Gasteiger partial charge in [0.05, 0.1) is 6.61 Å². The fourth-order valence-corrected chi connectivity index (χ4v) is 2.18. The molecule has 0 aliphatic rings. The van der Waals surface area contributed by atoms with E-state index >= 15 is 0 Å². The highest BCUT2D eigenvalue weighted by Crippen LogP contribution is 2.37. The van der Waals surface area contributed by atoms with Gasteiger partial charge in [0.1, 0.15) is 5.82 Å². The van der Waals surface area contributed by atoms with Crippen LogP contribution in [0.3, 0.4) is 0 Å². The maximum Gasteiger partial charge on any atom is 0.428 e. The van der Waals surface area contributed by atoms with Gasteiger partial charge in [-0.05, 0) is 37.3 Å². The van der Waals surface area contributed by atoms with Crippen LogP contribution in [0.2, 0.25) is 0 Å². The van der Waals surface area contributed by atoms with E-state index in [4.69, 9.17) is 0 Å². The van der Waals surface area contributed by atoms with Crippen LogP contribution in [0.25, 0.3) is 0 Å². The van der Waals surface area contributed by atoms with Crippen LogP contribution in [-0.4, -0.2) is 29.5 Å². The molecule has 3 nitrogen and oxygen atoms in total. The average molecular weight is 322 g/mol. The quantitative estimate of drug-likeness (QED) is 0.646. The normalized spacial score (nSPS) is 16.0. The molecule has 0 saturated heterocycles. The molecule has 1 N–H and O–H groups in total. The zero-order valence-electron chi connectivity index (χ0n) is 12.3. The summed E-state index contributed by atoms with van der Waals surface area (Å²) in [7, 11) is 0. The molecule has 2 unspecified atom stereocenters. The van der Waals surface area contributed by atoms with E-state index in [1.165, 1.54) is 32.0 Å². The molecule has 0 fully saturated rings. The van der Waals surface area contributed by atoms with Crippen molar-refractivity contribution in [1.82, 2.24) is 0 Å². The molecule has 0 aromatic heterocycles. The van der Waals surface area contributed by atoms with Gasteiger partial charge in [-0.1, -0.05) is 25.1 Å². The fraction of sp³-hybridized carbons (Fsp3) is 0.533. The molecule has 0 bridgehead atoms. The smallest absolute Gasteiger partial charge is 0.428 e. The fourth-order valence-electron chi connectivity index (χ4n) is 2.18. The Morgan fingerprint density at radius 3 is 2.41 bits per heavy atom. The molecule has 22 heavy (non-hydrogen) atoms. The zero-order valence-corrected chi connectivity index (χ0v) is 12.3. The Hall–Kier alpha value is -1.63. The van der Waals surface area contributed by atoms with Gasteiger partial charge in [0, 0.05) is 0 Å². The van der Waals surface area contributed by atoms with Gasteiger partial charge < -0.3 is 9.84 Å². The summed E-state index contributed by atoms with van der Waals surface area (Å²) in [5.41, 5.74) is -3.36. The molecule has 1 aromatic rings. The second-order valence-electron chi connectivity index (χ2n) is 5.18. The van der Waals surface area contributed by atoms with Gasteiger partial charge in [-0.2, -0.15) is 13.2 Å². The minimum absolute atomic E-state index is 0.0372. The minimum atomic E-state index is -5.16. The van der Waals surface area contributed by atoms with Crippen LogP contribution in [0.4, 0.5) is 17.6 Å². The number of halogens is 4. The van der Waals surface area contributed by atoms with E-state index in [-0.39, 0.29) is 18.6 Å². The van der Waals surface area contributed by atoms with Gasteiger partial charge in [0.15, 0.2) is 0 Å². The first-order valence-electron chi connectivity index (χ1n) is 6.81. The standard InChI is InChI=1S/C15H18F4O3/c1-3-22-13(20)14(21,15(17,18)19)9-10(2)8-11-6-4-5-7-12(11)16/h4-7,10,21H,3,8-9H2,1-2H3. The predicted molar refractivity (Wildman–Crippen MR) is 71.5 cm³/mol. The molecule has 124 valence electrons. The predicted octanol–water partition coefficient (Wildman–Crippen LogP) is 3.25. The van der Waals surface area contributed by atoms with E-state index in [2.05, 4.69) is 4.74 Å². The summed E-state index contributed by atoms with van der Waals surface area (Å²) in [5, 5.41) is 9.77. The number of aliphatic hydroxyl groups is 1. The largest absolute Gasteiger partial charge is 0.464 e. The van der Waals surface area contributed by atoms with Crippen LogP contribution < -0.4 is 0 Å². The highest BCUT2D eigenvalue weighted by Gasteiger charge is 2.60. The molecule has 1 rings (SSSR count). The van der Waals surface area contributed by atoms with Crippen LogP contribution >= 0.6 is 0 Å². The summed E-state index contributed by atoms with van der Waals surface area (Å²) in [5.74, 6) is -3.06. The lowest BCUT2D eigenvalue weighted by Gasteiger charge is -2.30. The van der Waals surface area contributed by atoms with Crippen molar-refractivity contribution >= 4 is 5.97 Å². The SMILES string of the molecule is CCOC(=O)C(O)(CC(C)Cc1ccccc1F)C(F)(F)F. The highest BCUT2D eigenvalue weighted by atomic mass is 19.4. The summed E-state index contributed by atoms with van der Waals surface area (Å²) in [6.45, 7) is 2.47. The second-order valence-corrected chi connectivity index (χ2v) is 5.18. The number of carbonyl (C=O) groups is 1. The monoisotopic (exact) mass is 322 g/mol. The van der Waals surface area contributed by atoms with Crippen molar-refractivity contribution in [1.29, 1.82) is 0 Å². The van der Waals surface area contributed by atoms with E-state index < -0.39 is 35.9 Å². The van der Waals surface area contributed by atoms with Crippen molar-refractivity contribution < 1.29 is 32.2 Å². The molecular formula is C15H18F4O3. The molecular weight excluding hydrogens is 304 g/mol. The van der Waals surface area contributed by atoms with E-state index in [0.717, 1.165) is 0 Å². The molecule has 0 heterocycles. The van der Waals surface area contributed by atoms with Crippen molar-refractivity contribution in [2.45, 2.75) is 38.5 Å². The van der Waals surface area contributed by atoms with E-state index in [1.54, 1.807) is 6.07 Å². The second kappa shape index (κ2) is 7.09. The summed E-state index contributed by atoms with van der Waals surface area (Å²) >= 11 is 0. The average Bonchev–Trinajstić information content (AvgIpc) is 2.40. The Morgan fingerprint density at radius 2 is 1.91 bits per heavy atom. The molecule has 0 aliphatic carbocycles. The van der Waals surface area contributed by atoms with Gasteiger partial charge in [0.25, 0.3) is 5.60 Å². The Labute approximate surface area is 125 Å². The van der Waals surface area contributed by atoms with Crippen LogP contribution in [0, 0.1) is 11.7 Å². The number of rotatable bonds is 6. The summed E-state index contributed by atoms with van der Waals surface area (Å²) in [6, 6.07) is 5.67. The molecule has 7 heteroatoms. The molecule has 2 atom stereocenters. The van der Waals surface area contributed by atoms with Gasteiger partial charge in [-0.3, -0.25) is 0 Å². The van der Waals surface area contributed by atoms with Crippen LogP contribution in [-0.2, 0) is 16.0 Å². The number of benzene rings is 1. The number of carbonyl (C=O) groups excluding carboxylic acids is 1. The lowest BCUT2D eigenvalue weighted by molar-refractivity contribution is -0.267. The van der Waals surface area contributed by atoms with Crippen molar-refractivity contribution in [2.24, 2.45) is 5.92 Å². The maximum absolute atomic E-state index is 13.5. The van der Waals surface area contributed by atoms with Gasteiger partial charge in [-0.25, -0.2) is 9.18 Å². The molecule has 1 aromatic carbocycles. The Balaban J connectivity index is 2.91. The lowest BCUT2D eigenvalue weighted by atomic mass is 9.87. The molecule has 0 saturated carbocycles. The summed E-state index contributed by atoms with van der Waals surface area (Å²) in [4.78, 5) is 11.5. The molecule has 0 spiro atoms. The number of alkyl halides is 3. The van der Waals surface area contributed by atoms with Crippen molar-refractivity contribution in [2.75, 3.05) is 6.61 Å². The van der Waals surface area contributed by atoms with Crippen LogP contribution in [0.15, 0.2) is 24.3 Å². The van der Waals surface area contributed by atoms with E-state index in [1.807, 2.05) is 0 Å². The first-order chi connectivity index (χ1) is 10.1. The number of esters is 1. The molecule has 0 amide bonds. The van der Waals surface area contributed by atoms with Gasteiger partial charge >= 0.3 is 12.1 Å². The van der Waals surface area contributed by atoms with E-state index in [0.29, 0.717) is 0 Å². The number of hydrogen-bond donors (Lipinski definition) is 1. The Bertz CT molecular complexity index is 516. The van der Waals surface area contributed by atoms with Gasteiger partial charge in [-0.15, -0.1) is 0 Å². The number of ether oxygens (including phenoxy) is 1. The third-order valence-corrected chi connectivity index (χ3v) is 3.25. The van der Waals surface area contributed by atoms with E-state index in [9.17, 15) is 27.5 Å². The van der Waals surface area contributed by atoms with Gasteiger partial charge in [0.2, 0.25) is 0 Å².